The lowest BCUT2D eigenvalue weighted by Gasteiger charge is -2.05. The molecule has 0 spiro atoms. The minimum Gasteiger partial charge on any atom is -0.452 e. The van der Waals surface area contributed by atoms with Crippen LogP contribution < -0.4 is 0 Å². The molecule has 0 atom stereocenters. The van der Waals surface area contributed by atoms with E-state index in [1.807, 2.05) is 0 Å². The third-order valence-electron chi connectivity index (χ3n) is 1.99. The summed E-state index contributed by atoms with van der Waals surface area (Å²) in [4.78, 5) is 11.1. The maximum atomic E-state index is 11.1. The fourth-order valence-corrected chi connectivity index (χ4v) is 1.39. The number of esters is 1. The minimum atomic E-state index is -0.111. The normalized spacial score (nSPS) is 17.7. The molecule has 2 heteroatoms. The van der Waals surface area contributed by atoms with E-state index >= 15 is 0 Å². The van der Waals surface area contributed by atoms with Crippen LogP contribution in [0.5, 0.6) is 0 Å². The summed E-state index contributed by atoms with van der Waals surface area (Å²) in [5.74, 6) is 2.30. The zero-order chi connectivity index (χ0) is 8.10. The first-order chi connectivity index (χ1) is 5.34. The Bertz CT molecular complexity index is 172. The molecule has 60 valence electrons. The van der Waals surface area contributed by atoms with Crippen LogP contribution in [0.4, 0.5) is 0 Å². The van der Waals surface area contributed by atoms with Crippen molar-refractivity contribution in [2.24, 2.45) is 5.92 Å². The van der Waals surface area contributed by atoms with Crippen LogP contribution in [0.3, 0.4) is 0 Å². The maximum Gasteiger partial charge on any atom is 0.309 e. The highest BCUT2D eigenvalue weighted by Gasteiger charge is 2.23. The van der Waals surface area contributed by atoms with Gasteiger partial charge in [-0.05, 0) is 12.8 Å². The van der Waals surface area contributed by atoms with E-state index in [1.165, 1.54) is 0 Å². The summed E-state index contributed by atoms with van der Waals surface area (Å²) in [5, 5.41) is 0. The van der Waals surface area contributed by atoms with Crippen molar-refractivity contribution in [3.63, 3.8) is 0 Å². The van der Waals surface area contributed by atoms with Gasteiger partial charge in [-0.3, -0.25) is 4.79 Å². The Balaban J connectivity index is 2.24. The molecule has 1 saturated carbocycles. The Morgan fingerprint density at radius 1 is 1.55 bits per heavy atom. The smallest absolute Gasteiger partial charge is 0.309 e. The summed E-state index contributed by atoms with van der Waals surface area (Å²) in [6.07, 6.45) is 9.20. The molecule has 0 amide bonds. The second-order valence-electron chi connectivity index (χ2n) is 2.79. The molecule has 1 fully saturated rings. The van der Waals surface area contributed by atoms with Crippen molar-refractivity contribution < 1.29 is 9.53 Å². The van der Waals surface area contributed by atoms with E-state index in [0.29, 0.717) is 0 Å². The molecule has 0 aromatic rings. The molecule has 0 heterocycles. The molecule has 1 aliphatic carbocycles. The van der Waals surface area contributed by atoms with Crippen molar-refractivity contribution in [2.45, 2.75) is 25.7 Å². The van der Waals surface area contributed by atoms with Gasteiger partial charge in [0.2, 0.25) is 0 Å². The number of rotatable bonds is 2. The maximum absolute atomic E-state index is 11.1. The number of ether oxygens (including phenoxy) is 1. The highest BCUT2D eigenvalue weighted by molar-refractivity contribution is 5.72. The highest BCUT2D eigenvalue weighted by Crippen LogP contribution is 2.25. The molecule has 2 nitrogen and oxygen atoms in total. The van der Waals surface area contributed by atoms with Crippen LogP contribution in [-0.4, -0.2) is 12.6 Å². The second-order valence-corrected chi connectivity index (χ2v) is 2.79. The topological polar surface area (TPSA) is 26.3 Å². The zero-order valence-electron chi connectivity index (χ0n) is 6.51. The van der Waals surface area contributed by atoms with E-state index in [4.69, 9.17) is 11.2 Å². The first-order valence-corrected chi connectivity index (χ1v) is 3.94. The molecule has 0 N–H and O–H groups in total. The molecule has 0 saturated heterocycles. The van der Waals surface area contributed by atoms with E-state index in [-0.39, 0.29) is 18.5 Å². The molecule has 0 aliphatic heterocycles. The lowest BCUT2D eigenvalue weighted by atomic mass is 10.1. The van der Waals surface area contributed by atoms with Gasteiger partial charge in [0.05, 0.1) is 5.92 Å². The van der Waals surface area contributed by atoms with Crippen LogP contribution in [0.2, 0.25) is 0 Å². The van der Waals surface area contributed by atoms with Gasteiger partial charge < -0.3 is 4.74 Å². The Kier molecular flexibility index (Phi) is 2.97. The van der Waals surface area contributed by atoms with E-state index in [1.54, 1.807) is 0 Å². The van der Waals surface area contributed by atoms with Gasteiger partial charge >= 0.3 is 5.97 Å². The molecular formula is C9H12O2. The van der Waals surface area contributed by atoms with Gasteiger partial charge in [-0.25, -0.2) is 0 Å². The number of hydrogen-bond acceptors (Lipinski definition) is 2. The fraction of sp³-hybridized carbons (Fsp3) is 0.667. The molecule has 0 aromatic carbocycles. The molecule has 1 aliphatic rings. The van der Waals surface area contributed by atoms with Gasteiger partial charge in [-0.1, -0.05) is 18.8 Å². The van der Waals surface area contributed by atoms with Gasteiger partial charge in [0.15, 0.2) is 6.61 Å². The minimum absolute atomic E-state index is 0.111. The number of carbonyl (C=O) groups excluding carboxylic acids is 1. The lowest BCUT2D eigenvalue weighted by Crippen LogP contribution is -2.14. The van der Waals surface area contributed by atoms with Crippen LogP contribution >= 0.6 is 0 Å². The van der Waals surface area contributed by atoms with Gasteiger partial charge in [0.1, 0.15) is 0 Å². The predicted molar refractivity (Wildman–Crippen MR) is 41.8 cm³/mol. The average Bonchev–Trinajstić information content (AvgIpc) is 2.52. The summed E-state index contributed by atoms with van der Waals surface area (Å²) in [5.41, 5.74) is 0. The summed E-state index contributed by atoms with van der Waals surface area (Å²) in [7, 11) is 0. The van der Waals surface area contributed by atoms with E-state index in [9.17, 15) is 4.79 Å². The molecule has 1 rings (SSSR count). The average molecular weight is 152 g/mol. The lowest BCUT2D eigenvalue weighted by molar-refractivity contribution is -0.146. The van der Waals surface area contributed by atoms with Gasteiger partial charge in [0.25, 0.3) is 0 Å². The van der Waals surface area contributed by atoms with Crippen molar-refractivity contribution in [1.82, 2.24) is 0 Å². The monoisotopic (exact) mass is 152 g/mol. The first-order valence-electron chi connectivity index (χ1n) is 3.94. The van der Waals surface area contributed by atoms with E-state index in [2.05, 4.69) is 5.92 Å². The number of terminal acetylenes is 1. The summed E-state index contributed by atoms with van der Waals surface area (Å²) >= 11 is 0. The van der Waals surface area contributed by atoms with Crippen molar-refractivity contribution in [3.05, 3.63) is 0 Å². The van der Waals surface area contributed by atoms with Crippen molar-refractivity contribution in [3.8, 4) is 12.3 Å². The Morgan fingerprint density at radius 2 is 2.18 bits per heavy atom. The summed E-state index contributed by atoms with van der Waals surface area (Å²) in [6.45, 7) is 0.120. The van der Waals surface area contributed by atoms with Gasteiger partial charge in [-0.2, -0.15) is 0 Å². The molecule has 0 radical (unpaired) electrons. The van der Waals surface area contributed by atoms with Crippen LogP contribution in [0.15, 0.2) is 0 Å². The third kappa shape index (κ3) is 2.27. The highest BCUT2D eigenvalue weighted by atomic mass is 16.5. The van der Waals surface area contributed by atoms with Crippen LogP contribution in [0.1, 0.15) is 25.7 Å². The molecule has 0 unspecified atom stereocenters. The van der Waals surface area contributed by atoms with Gasteiger partial charge in [-0.15, -0.1) is 6.42 Å². The molecule has 0 aromatic heterocycles. The SMILES string of the molecule is C#CCOC(=O)C1CCCC1. The van der Waals surface area contributed by atoms with Crippen LogP contribution in [0, 0.1) is 18.3 Å². The number of hydrogen-bond donors (Lipinski definition) is 0. The largest absolute Gasteiger partial charge is 0.452 e. The summed E-state index contributed by atoms with van der Waals surface area (Å²) in [6, 6.07) is 0. The number of carbonyl (C=O) groups is 1. The van der Waals surface area contributed by atoms with Crippen LogP contribution in [0.25, 0.3) is 0 Å². The van der Waals surface area contributed by atoms with E-state index in [0.717, 1.165) is 25.7 Å². The quantitative estimate of drug-likeness (QED) is 0.441. The van der Waals surface area contributed by atoms with Crippen molar-refractivity contribution in [1.29, 1.82) is 0 Å². The third-order valence-corrected chi connectivity index (χ3v) is 1.99. The fourth-order valence-electron chi connectivity index (χ4n) is 1.39. The Labute approximate surface area is 66.9 Å². The predicted octanol–water partition coefficient (Wildman–Crippen LogP) is 1.35. The molecule has 11 heavy (non-hydrogen) atoms. The van der Waals surface area contributed by atoms with Crippen molar-refractivity contribution >= 4 is 5.97 Å². The van der Waals surface area contributed by atoms with E-state index < -0.39 is 0 Å². The molecule has 0 bridgehead atoms. The zero-order valence-corrected chi connectivity index (χ0v) is 6.51. The first kappa shape index (κ1) is 8.13. The van der Waals surface area contributed by atoms with Crippen LogP contribution in [-0.2, 0) is 9.53 Å². The molecular weight excluding hydrogens is 140 g/mol. The van der Waals surface area contributed by atoms with Gasteiger partial charge in [0, 0.05) is 0 Å². The Hall–Kier alpha value is -0.970. The summed E-state index contributed by atoms with van der Waals surface area (Å²) < 4.78 is 4.80. The standard InChI is InChI=1S/C9H12O2/c1-2-7-11-9(10)8-5-3-4-6-8/h1,8H,3-7H2. The Morgan fingerprint density at radius 3 is 2.73 bits per heavy atom. The second kappa shape index (κ2) is 4.02. The van der Waals surface area contributed by atoms with Crippen molar-refractivity contribution in [2.75, 3.05) is 6.61 Å².